The first kappa shape index (κ1) is 13.9. The fraction of sp³-hybridized carbons (Fsp3) is 0.312. The lowest BCUT2D eigenvalue weighted by Gasteiger charge is -2.26. The minimum Gasteiger partial charge on any atom is -0.481 e. The van der Waals surface area contributed by atoms with Crippen molar-refractivity contribution >= 4 is 5.97 Å². The zero-order valence-electron chi connectivity index (χ0n) is 10.7. The van der Waals surface area contributed by atoms with Crippen molar-refractivity contribution in [1.29, 1.82) is 0 Å². The number of hydrogen-bond acceptors (Lipinski definition) is 1. The third-order valence-corrected chi connectivity index (χ3v) is 2.87. The highest BCUT2D eigenvalue weighted by Gasteiger charge is 2.39. The maximum absolute atomic E-state index is 11.7. The van der Waals surface area contributed by atoms with Crippen LogP contribution in [0.15, 0.2) is 30.3 Å². The van der Waals surface area contributed by atoms with Crippen LogP contribution in [0, 0.1) is 23.7 Å². The molecule has 0 aliphatic rings. The zero-order chi connectivity index (χ0) is 13.4. The molecule has 0 aromatic heterocycles. The number of aliphatic carboxylic acids is 1. The Kier molecular flexibility index (Phi) is 5.03. The summed E-state index contributed by atoms with van der Waals surface area (Å²) in [4.78, 5) is 11.7. The van der Waals surface area contributed by atoms with Gasteiger partial charge in [0.1, 0.15) is 5.41 Å². The quantitative estimate of drug-likeness (QED) is 0.822. The molecule has 0 unspecified atom stereocenters. The van der Waals surface area contributed by atoms with Crippen LogP contribution in [-0.2, 0) is 10.2 Å². The minimum atomic E-state index is -1.03. The van der Waals surface area contributed by atoms with Gasteiger partial charge in [-0.1, -0.05) is 30.3 Å². The van der Waals surface area contributed by atoms with E-state index in [-0.39, 0.29) is 12.8 Å². The van der Waals surface area contributed by atoms with Crippen LogP contribution in [0.5, 0.6) is 0 Å². The van der Waals surface area contributed by atoms with Crippen molar-refractivity contribution in [3.8, 4) is 23.7 Å². The standard InChI is InChI=1S/C16H16O2/c1-3-5-12-16(15(17)18,13-6-4-2)14-10-8-7-9-11-14/h7-11H,12-13H2,1-2H3,(H,17,18). The predicted octanol–water partition coefficient (Wildman–Crippen LogP) is 2.84. The number of carboxylic acid groups (broad SMARTS) is 1. The molecule has 2 heteroatoms. The van der Waals surface area contributed by atoms with Crippen LogP contribution in [0.3, 0.4) is 0 Å². The van der Waals surface area contributed by atoms with Crippen LogP contribution in [-0.4, -0.2) is 11.1 Å². The van der Waals surface area contributed by atoms with Crippen molar-refractivity contribution in [3.63, 3.8) is 0 Å². The molecule has 0 spiro atoms. The first-order valence-electron chi connectivity index (χ1n) is 5.75. The SMILES string of the molecule is CC#CCC(CC#CC)(C(=O)O)c1ccccc1. The van der Waals surface area contributed by atoms with Gasteiger partial charge in [-0.25, -0.2) is 0 Å². The Bertz CT molecular complexity index is 499. The molecule has 2 nitrogen and oxygen atoms in total. The summed E-state index contributed by atoms with van der Waals surface area (Å²) >= 11 is 0. The summed E-state index contributed by atoms with van der Waals surface area (Å²) in [6.07, 6.45) is 0.551. The Labute approximate surface area is 108 Å². The van der Waals surface area contributed by atoms with E-state index >= 15 is 0 Å². The topological polar surface area (TPSA) is 37.3 Å². The smallest absolute Gasteiger partial charge is 0.316 e. The van der Waals surface area contributed by atoms with Gasteiger partial charge in [-0.2, -0.15) is 0 Å². The number of carbonyl (C=O) groups is 1. The minimum absolute atomic E-state index is 0.275. The lowest BCUT2D eigenvalue weighted by atomic mass is 9.75. The Morgan fingerprint density at radius 3 is 2.00 bits per heavy atom. The van der Waals surface area contributed by atoms with Gasteiger partial charge in [0, 0.05) is 12.8 Å². The van der Waals surface area contributed by atoms with Gasteiger partial charge in [-0.3, -0.25) is 4.79 Å². The van der Waals surface area contributed by atoms with E-state index in [0.29, 0.717) is 0 Å². The van der Waals surface area contributed by atoms with Gasteiger partial charge in [-0.15, -0.1) is 23.7 Å². The van der Waals surface area contributed by atoms with Crippen molar-refractivity contribution < 1.29 is 9.90 Å². The van der Waals surface area contributed by atoms with Crippen LogP contribution in [0.2, 0.25) is 0 Å². The maximum Gasteiger partial charge on any atom is 0.316 e. The van der Waals surface area contributed by atoms with Crippen LogP contribution < -0.4 is 0 Å². The maximum atomic E-state index is 11.7. The van der Waals surface area contributed by atoms with Gasteiger partial charge in [0.25, 0.3) is 0 Å². The molecule has 0 saturated heterocycles. The fourth-order valence-electron chi connectivity index (χ4n) is 1.78. The first-order chi connectivity index (χ1) is 8.67. The van der Waals surface area contributed by atoms with E-state index in [1.54, 1.807) is 13.8 Å². The fourth-order valence-corrected chi connectivity index (χ4v) is 1.78. The third-order valence-electron chi connectivity index (χ3n) is 2.87. The van der Waals surface area contributed by atoms with Crippen molar-refractivity contribution in [3.05, 3.63) is 35.9 Å². The molecule has 92 valence electrons. The zero-order valence-corrected chi connectivity index (χ0v) is 10.7. The number of benzene rings is 1. The monoisotopic (exact) mass is 240 g/mol. The Balaban J connectivity index is 3.29. The van der Waals surface area contributed by atoms with Crippen LogP contribution in [0.1, 0.15) is 32.3 Å². The number of carboxylic acids is 1. The number of hydrogen-bond donors (Lipinski definition) is 1. The molecule has 1 aromatic carbocycles. The van der Waals surface area contributed by atoms with E-state index in [4.69, 9.17) is 0 Å². The molecule has 1 aromatic rings. The molecule has 1 rings (SSSR count). The normalized spacial score (nSPS) is 9.67. The molecule has 0 heterocycles. The van der Waals surface area contributed by atoms with Gasteiger partial charge in [0.2, 0.25) is 0 Å². The molecule has 0 aliphatic heterocycles. The van der Waals surface area contributed by atoms with E-state index < -0.39 is 11.4 Å². The summed E-state index contributed by atoms with van der Waals surface area (Å²) in [5.41, 5.74) is -0.282. The molecule has 0 aliphatic carbocycles. The lowest BCUT2D eigenvalue weighted by Crippen LogP contribution is -2.35. The van der Waals surface area contributed by atoms with Crippen LogP contribution in [0.4, 0.5) is 0 Å². The highest BCUT2D eigenvalue weighted by atomic mass is 16.4. The second kappa shape index (κ2) is 6.52. The summed E-state index contributed by atoms with van der Waals surface area (Å²) in [5, 5.41) is 9.59. The molecule has 0 saturated carbocycles. The van der Waals surface area contributed by atoms with Crippen molar-refractivity contribution in [2.24, 2.45) is 0 Å². The second-order valence-corrected chi connectivity index (χ2v) is 3.96. The summed E-state index contributed by atoms with van der Waals surface area (Å²) < 4.78 is 0. The van der Waals surface area contributed by atoms with Gasteiger partial charge in [0.15, 0.2) is 0 Å². The largest absolute Gasteiger partial charge is 0.481 e. The van der Waals surface area contributed by atoms with E-state index in [9.17, 15) is 9.90 Å². The predicted molar refractivity (Wildman–Crippen MR) is 71.9 cm³/mol. The summed E-state index contributed by atoms with van der Waals surface area (Å²) in [6, 6.07) is 9.19. The molecular weight excluding hydrogens is 224 g/mol. The third kappa shape index (κ3) is 2.93. The van der Waals surface area contributed by atoms with Crippen molar-refractivity contribution in [2.75, 3.05) is 0 Å². The van der Waals surface area contributed by atoms with E-state index in [1.807, 2.05) is 30.3 Å². The van der Waals surface area contributed by atoms with Gasteiger partial charge < -0.3 is 5.11 Å². The Morgan fingerprint density at radius 2 is 1.61 bits per heavy atom. The molecule has 18 heavy (non-hydrogen) atoms. The van der Waals surface area contributed by atoms with Crippen molar-refractivity contribution in [2.45, 2.75) is 32.1 Å². The van der Waals surface area contributed by atoms with Crippen molar-refractivity contribution in [1.82, 2.24) is 0 Å². The van der Waals surface area contributed by atoms with Crippen LogP contribution >= 0.6 is 0 Å². The Hall–Kier alpha value is -2.19. The summed E-state index contributed by atoms with van der Waals surface area (Å²) in [6.45, 7) is 3.42. The molecule has 0 fully saturated rings. The van der Waals surface area contributed by atoms with Gasteiger partial charge >= 0.3 is 5.97 Å². The summed E-state index contributed by atoms with van der Waals surface area (Å²) in [5.74, 6) is 10.4. The average Bonchev–Trinajstić information content (AvgIpc) is 2.40. The van der Waals surface area contributed by atoms with Crippen LogP contribution in [0.25, 0.3) is 0 Å². The Morgan fingerprint density at radius 1 is 1.11 bits per heavy atom. The molecule has 0 amide bonds. The van der Waals surface area contributed by atoms with Gasteiger partial charge in [0.05, 0.1) is 0 Å². The molecule has 0 atom stereocenters. The van der Waals surface area contributed by atoms with E-state index in [2.05, 4.69) is 23.7 Å². The molecule has 0 radical (unpaired) electrons. The highest BCUT2D eigenvalue weighted by molar-refractivity contribution is 5.82. The van der Waals surface area contributed by atoms with E-state index in [0.717, 1.165) is 5.56 Å². The molecule has 0 bridgehead atoms. The molecular formula is C16H16O2. The highest BCUT2D eigenvalue weighted by Crippen LogP contribution is 2.31. The summed E-state index contributed by atoms with van der Waals surface area (Å²) in [7, 11) is 0. The van der Waals surface area contributed by atoms with E-state index in [1.165, 1.54) is 0 Å². The number of rotatable bonds is 4. The molecule has 1 N–H and O–H groups in total. The average molecular weight is 240 g/mol. The lowest BCUT2D eigenvalue weighted by molar-refractivity contribution is -0.143. The van der Waals surface area contributed by atoms with Gasteiger partial charge in [-0.05, 0) is 19.4 Å². The first-order valence-corrected chi connectivity index (χ1v) is 5.75. The second-order valence-electron chi connectivity index (χ2n) is 3.96.